The van der Waals surface area contributed by atoms with Gasteiger partial charge in [-0.25, -0.2) is 9.59 Å². The summed E-state index contributed by atoms with van der Waals surface area (Å²) in [5.74, 6) is 0.639. The molecule has 0 aliphatic carbocycles. The minimum atomic E-state index is -0.935. The summed E-state index contributed by atoms with van der Waals surface area (Å²) in [5, 5.41) is 9.89. The van der Waals surface area contributed by atoms with Crippen LogP contribution in [0.15, 0.2) is 36.4 Å². The highest BCUT2D eigenvalue weighted by molar-refractivity contribution is 5.91. The number of para-hydroxylation sites is 1. The number of amides is 4. The van der Waals surface area contributed by atoms with Crippen LogP contribution in [-0.2, 0) is 22.4 Å². The fourth-order valence-electron chi connectivity index (χ4n) is 8.01. The van der Waals surface area contributed by atoms with E-state index in [4.69, 9.17) is 9.47 Å². The molecule has 3 N–H and O–H groups in total. The number of hydrogen-bond donors (Lipinski definition) is 3. The quantitative estimate of drug-likeness (QED) is 0.433. The Bertz CT molecular complexity index is 1480. The highest BCUT2D eigenvalue weighted by Gasteiger charge is 2.36. The molecule has 0 saturated carbocycles. The molecular weight excluding hydrogens is 610 g/mol. The molecule has 5 aliphatic heterocycles. The third-order valence-corrected chi connectivity index (χ3v) is 10.7. The van der Waals surface area contributed by atoms with E-state index >= 15 is 0 Å². The number of aryl methyl sites for hydroxylation is 1. The van der Waals surface area contributed by atoms with Crippen molar-refractivity contribution in [2.45, 2.75) is 63.6 Å². The number of piperidine rings is 2. The molecule has 7 rings (SSSR count). The van der Waals surface area contributed by atoms with Gasteiger partial charge in [-0.2, -0.15) is 0 Å². The maximum Gasteiger partial charge on any atom is 0.410 e. The molecule has 3 fully saturated rings. The van der Waals surface area contributed by atoms with Crippen molar-refractivity contribution in [1.82, 2.24) is 24.9 Å². The second-order valence-electron chi connectivity index (χ2n) is 13.7. The van der Waals surface area contributed by atoms with E-state index in [0.717, 1.165) is 85.8 Å². The lowest BCUT2D eigenvalue weighted by Crippen LogP contribution is -2.54. The van der Waals surface area contributed by atoms with E-state index in [1.807, 2.05) is 41.0 Å². The normalized spacial score (nSPS) is 21.6. The third kappa shape index (κ3) is 7.19. The van der Waals surface area contributed by atoms with E-state index in [0.29, 0.717) is 58.2 Å². The monoisotopic (exact) mass is 659 g/mol. The minimum absolute atomic E-state index is 0.0323. The van der Waals surface area contributed by atoms with Crippen LogP contribution in [-0.4, -0.2) is 128 Å². The van der Waals surface area contributed by atoms with Crippen molar-refractivity contribution >= 4 is 29.4 Å². The predicted molar refractivity (Wildman–Crippen MR) is 184 cm³/mol. The van der Waals surface area contributed by atoms with E-state index in [1.54, 1.807) is 4.90 Å². The Balaban J connectivity index is 1.00. The number of carbonyl (C=O) groups is 3. The summed E-state index contributed by atoms with van der Waals surface area (Å²) in [7, 11) is 0. The Hall–Kier alpha value is -4.03. The van der Waals surface area contributed by atoms with E-state index < -0.39 is 12.2 Å². The topological polar surface area (TPSA) is 119 Å². The van der Waals surface area contributed by atoms with E-state index in [2.05, 4.69) is 33.0 Å². The van der Waals surface area contributed by atoms with Gasteiger partial charge in [0.1, 0.15) is 12.4 Å². The largest absolute Gasteiger partial charge is 0.490 e. The lowest BCUT2D eigenvalue weighted by Gasteiger charge is -2.41. The molecule has 0 spiro atoms. The average molecular weight is 660 g/mol. The van der Waals surface area contributed by atoms with Gasteiger partial charge in [0.25, 0.3) is 5.91 Å². The van der Waals surface area contributed by atoms with Gasteiger partial charge < -0.3 is 40.1 Å². The fourth-order valence-corrected chi connectivity index (χ4v) is 8.01. The summed E-state index contributed by atoms with van der Waals surface area (Å²) in [6.07, 6.45) is 2.83. The fraction of sp³-hybridized carbons (Fsp3) is 0.583. The Kier molecular flexibility index (Phi) is 9.90. The van der Waals surface area contributed by atoms with Crippen molar-refractivity contribution in [2.24, 2.45) is 0 Å². The first-order valence-corrected chi connectivity index (χ1v) is 17.8. The van der Waals surface area contributed by atoms with Gasteiger partial charge >= 0.3 is 12.1 Å². The third-order valence-electron chi connectivity index (χ3n) is 10.7. The van der Waals surface area contributed by atoms with Crippen molar-refractivity contribution in [3.05, 3.63) is 53.1 Å². The van der Waals surface area contributed by atoms with Gasteiger partial charge in [0.05, 0.1) is 5.69 Å². The zero-order valence-corrected chi connectivity index (χ0v) is 28.0. The number of urea groups is 1. The number of likely N-dealkylation sites (tertiary alicyclic amines) is 2. The van der Waals surface area contributed by atoms with Crippen LogP contribution >= 0.6 is 0 Å². The molecule has 12 nitrogen and oxygen atoms in total. The summed E-state index contributed by atoms with van der Waals surface area (Å²) >= 11 is 0. The molecule has 1 atom stereocenters. The highest BCUT2D eigenvalue weighted by Crippen LogP contribution is 2.33. The summed E-state index contributed by atoms with van der Waals surface area (Å²) < 4.78 is 12.1. The van der Waals surface area contributed by atoms with Gasteiger partial charge in [0.2, 0.25) is 0 Å². The number of anilines is 2. The number of fused-ring (bicyclic) bond motifs is 2. The number of piperazine rings is 1. The summed E-state index contributed by atoms with van der Waals surface area (Å²) in [4.78, 5) is 48.9. The van der Waals surface area contributed by atoms with Crippen molar-refractivity contribution in [3.8, 4) is 5.75 Å². The van der Waals surface area contributed by atoms with Crippen molar-refractivity contribution in [2.75, 3.05) is 82.7 Å². The number of ether oxygens (including phenoxy) is 2. The SMILES string of the molecule is Cc1cc(C[C@@H](OC(=O)N2CCC(N3CCc4ccccc4NC3=O)CC2)C(=O)N2CCC(N3CCNCC3)CC2)cc2c1NCCO2. The second kappa shape index (κ2) is 14.6. The van der Waals surface area contributed by atoms with Crippen LogP contribution in [0.3, 0.4) is 0 Å². The summed E-state index contributed by atoms with van der Waals surface area (Å²) in [5.41, 5.74) is 4.93. The van der Waals surface area contributed by atoms with Crippen LogP contribution in [0.2, 0.25) is 0 Å². The van der Waals surface area contributed by atoms with Crippen LogP contribution in [0, 0.1) is 6.92 Å². The number of carbonyl (C=O) groups excluding carboxylic acids is 3. The van der Waals surface area contributed by atoms with Gasteiger partial charge in [0.15, 0.2) is 6.10 Å². The lowest BCUT2D eigenvalue weighted by molar-refractivity contribution is -0.142. The van der Waals surface area contributed by atoms with Crippen molar-refractivity contribution in [1.29, 1.82) is 0 Å². The standard InChI is InChI=1S/C36H49N7O5/c1-25-22-26(23-31-33(25)38-13-21-47-31)24-32(34(44)41-14-7-28(8-15-41)40-19-11-37-12-20-40)48-36(46)42-16-9-29(10-17-42)43-18-6-27-4-2-3-5-30(27)39-35(43)45/h2-5,22-23,28-29,32,37-38H,6-21,24H2,1H3,(H,39,45)/t32-/m1/s1. The van der Waals surface area contributed by atoms with E-state index in [1.165, 1.54) is 0 Å². The zero-order chi connectivity index (χ0) is 33.0. The smallest absolute Gasteiger partial charge is 0.410 e. The maximum atomic E-state index is 14.1. The molecule has 48 heavy (non-hydrogen) atoms. The van der Waals surface area contributed by atoms with Crippen LogP contribution < -0.4 is 20.7 Å². The van der Waals surface area contributed by atoms with E-state index in [-0.39, 0.29) is 24.4 Å². The molecule has 12 heteroatoms. The number of rotatable bonds is 6. The Labute approximate surface area is 283 Å². The minimum Gasteiger partial charge on any atom is -0.490 e. The van der Waals surface area contributed by atoms with Crippen molar-refractivity contribution in [3.63, 3.8) is 0 Å². The first-order chi connectivity index (χ1) is 23.4. The highest BCUT2D eigenvalue weighted by atomic mass is 16.6. The molecule has 4 amide bonds. The first-order valence-electron chi connectivity index (χ1n) is 17.8. The Morgan fingerprint density at radius 1 is 0.917 bits per heavy atom. The molecule has 2 aromatic carbocycles. The molecule has 0 radical (unpaired) electrons. The molecule has 5 heterocycles. The molecular formula is C36H49N7O5. The van der Waals surface area contributed by atoms with Crippen LogP contribution in [0.1, 0.15) is 42.4 Å². The summed E-state index contributed by atoms with van der Waals surface area (Å²) in [6, 6.07) is 12.4. The molecule has 0 bridgehead atoms. The summed E-state index contributed by atoms with van der Waals surface area (Å²) in [6.45, 7) is 10.3. The molecule has 0 aromatic heterocycles. The number of nitrogens with zero attached hydrogens (tertiary/aromatic N) is 4. The van der Waals surface area contributed by atoms with Crippen LogP contribution in [0.5, 0.6) is 5.75 Å². The molecule has 2 aromatic rings. The Morgan fingerprint density at radius 3 is 2.44 bits per heavy atom. The van der Waals surface area contributed by atoms with Crippen molar-refractivity contribution < 1.29 is 23.9 Å². The molecule has 5 aliphatic rings. The molecule has 258 valence electrons. The van der Waals surface area contributed by atoms with Crippen LogP contribution in [0.4, 0.5) is 21.0 Å². The van der Waals surface area contributed by atoms with Gasteiger partial charge in [-0.15, -0.1) is 0 Å². The second-order valence-corrected chi connectivity index (χ2v) is 13.7. The maximum absolute atomic E-state index is 14.1. The molecule has 0 unspecified atom stereocenters. The number of hydrogen-bond acceptors (Lipinski definition) is 8. The van der Waals surface area contributed by atoms with E-state index in [9.17, 15) is 14.4 Å². The first kappa shape index (κ1) is 32.5. The van der Waals surface area contributed by atoms with Gasteiger partial charge in [0, 0.05) is 89.6 Å². The zero-order valence-electron chi connectivity index (χ0n) is 28.0. The predicted octanol–water partition coefficient (Wildman–Crippen LogP) is 3.30. The number of nitrogens with one attached hydrogen (secondary N) is 3. The Morgan fingerprint density at radius 2 is 1.65 bits per heavy atom. The van der Waals surface area contributed by atoms with Gasteiger partial charge in [-0.3, -0.25) is 9.69 Å². The van der Waals surface area contributed by atoms with Gasteiger partial charge in [-0.05, 0) is 67.9 Å². The van der Waals surface area contributed by atoms with Gasteiger partial charge in [-0.1, -0.05) is 24.3 Å². The lowest BCUT2D eigenvalue weighted by atomic mass is 9.99. The number of benzene rings is 2. The average Bonchev–Trinajstić information content (AvgIpc) is 3.29. The van der Waals surface area contributed by atoms with Crippen LogP contribution in [0.25, 0.3) is 0 Å². The molecule has 3 saturated heterocycles.